The highest BCUT2D eigenvalue weighted by Gasteiger charge is 2.11. The highest BCUT2D eigenvalue weighted by molar-refractivity contribution is 5.85. The Morgan fingerprint density at radius 2 is 2.25 bits per heavy atom. The van der Waals surface area contributed by atoms with E-state index in [9.17, 15) is 15.2 Å². The van der Waals surface area contributed by atoms with Gasteiger partial charge in [-0.15, -0.1) is 0 Å². The number of benzene rings is 1. The molecule has 84 valence electrons. The number of phenols is 1. The normalized spacial score (nSPS) is 10.8. The van der Waals surface area contributed by atoms with E-state index in [0.717, 1.165) is 22.2 Å². The minimum absolute atomic E-state index is 0.0938. The Labute approximate surface area is 91.9 Å². The van der Waals surface area contributed by atoms with Crippen LogP contribution in [0.4, 0.5) is 0 Å². The molecule has 0 aliphatic carbocycles. The number of rotatable bonds is 3. The second kappa shape index (κ2) is 3.84. The maximum absolute atomic E-state index is 10.4. The minimum atomic E-state index is -0.332. The van der Waals surface area contributed by atoms with Crippen molar-refractivity contribution >= 4 is 10.9 Å². The van der Waals surface area contributed by atoms with Crippen LogP contribution in [0.1, 0.15) is 11.3 Å². The number of phenolic OH excluding ortho intramolecular Hbond substituents is 1. The van der Waals surface area contributed by atoms with Crippen LogP contribution in [0, 0.1) is 17.0 Å². The Balaban J connectivity index is 2.45. The zero-order valence-corrected chi connectivity index (χ0v) is 8.86. The Kier molecular flexibility index (Phi) is 2.52. The summed E-state index contributed by atoms with van der Waals surface area (Å²) >= 11 is 0. The van der Waals surface area contributed by atoms with E-state index in [1.165, 1.54) is 0 Å². The predicted molar refractivity (Wildman–Crippen MR) is 60.3 cm³/mol. The van der Waals surface area contributed by atoms with Gasteiger partial charge in [0.25, 0.3) is 0 Å². The Morgan fingerprint density at radius 3 is 2.94 bits per heavy atom. The summed E-state index contributed by atoms with van der Waals surface area (Å²) in [5.41, 5.74) is 2.72. The number of H-pyrrole nitrogens is 1. The first-order chi connectivity index (χ1) is 7.58. The SMILES string of the molecule is Cc1[nH]c2ccc(O)cc2c1CC[N+](=O)[O-]. The highest BCUT2D eigenvalue weighted by Crippen LogP contribution is 2.26. The maximum atomic E-state index is 10.4. The summed E-state index contributed by atoms with van der Waals surface area (Å²) in [7, 11) is 0. The summed E-state index contributed by atoms with van der Waals surface area (Å²) < 4.78 is 0. The smallest absolute Gasteiger partial charge is 0.207 e. The van der Waals surface area contributed by atoms with E-state index in [-0.39, 0.29) is 17.2 Å². The fraction of sp³-hybridized carbons (Fsp3) is 0.273. The number of aromatic amines is 1. The lowest BCUT2D eigenvalue weighted by Crippen LogP contribution is -2.04. The van der Waals surface area contributed by atoms with Crippen molar-refractivity contribution in [3.63, 3.8) is 0 Å². The standard InChI is InChI=1S/C11H12N2O3/c1-7-9(4-5-13(15)16)10-6-8(14)2-3-11(10)12-7/h2-3,6,12,14H,4-5H2,1H3. The minimum Gasteiger partial charge on any atom is -0.508 e. The molecule has 0 amide bonds. The average Bonchev–Trinajstić information content (AvgIpc) is 2.51. The molecule has 0 spiro atoms. The van der Waals surface area contributed by atoms with Gasteiger partial charge < -0.3 is 10.1 Å². The zero-order chi connectivity index (χ0) is 11.7. The van der Waals surface area contributed by atoms with Crippen LogP contribution in [0.2, 0.25) is 0 Å². The van der Waals surface area contributed by atoms with Crippen molar-refractivity contribution in [1.29, 1.82) is 0 Å². The van der Waals surface area contributed by atoms with Gasteiger partial charge in [-0.2, -0.15) is 0 Å². The number of fused-ring (bicyclic) bond motifs is 1. The van der Waals surface area contributed by atoms with E-state index in [0.29, 0.717) is 6.42 Å². The molecule has 2 rings (SSSR count). The molecule has 0 saturated carbocycles. The van der Waals surface area contributed by atoms with E-state index >= 15 is 0 Å². The van der Waals surface area contributed by atoms with Gasteiger partial charge in [-0.25, -0.2) is 0 Å². The number of aromatic nitrogens is 1. The highest BCUT2D eigenvalue weighted by atomic mass is 16.6. The van der Waals surface area contributed by atoms with E-state index in [1.807, 2.05) is 6.92 Å². The quantitative estimate of drug-likeness (QED) is 0.613. The third kappa shape index (κ3) is 1.84. The molecule has 5 heteroatoms. The van der Waals surface area contributed by atoms with Gasteiger partial charge in [0.1, 0.15) is 5.75 Å². The Bertz CT molecular complexity index is 545. The van der Waals surface area contributed by atoms with Crippen LogP contribution >= 0.6 is 0 Å². The number of hydrogen-bond acceptors (Lipinski definition) is 3. The van der Waals surface area contributed by atoms with Crippen molar-refractivity contribution in [3.8, 4) is 5.75 Å². The first-order valence-electron chi connectivity index (χ1n) is 5.00. The van der Waals surface area contributed by atoms with Gasteiger partial charge in [-0.3, -0.25) is 10.1 Å². The van der Waals surface area contributed by atoms with E-state index in [2.05, 4.69) is 4.98 Å². The molecule has 0 fully saturated rings. The number of aryl methyl sites for hydroxylation is 1. The van der Waals surface area contributed by atoms with Crippen LogP contribution in [0.15, 0.2) is 18.2 Å². The molecule has 0 atom stereocenters. The Morgan fingerprint density at radius 1 is 1.50 bits per heavy atom. The van der Waals surface area contributed by atoms with E-state index in [1.54, 1.807) is 18.2 Å². The zero-order valence-electron chi connectivity index (χ0n) is 8.86. The van der Waals surface area contributed by atoms with Crippen molar-refractivity contribution in [3.05, 3.63) is 39.6 Å². The molecule has 0 unspecified atom stereocenters. The first-order valence-corrected chi connectivity index (χ1v) is 5.00. The summed E-state index contributed by atoms with van der Waals surface area (Å²) in [6.45, 7) is 1.79. The third-order valence-electron chi connectivity index (χ3n) is 2.65. The monoisotopic (exact) mass is 220 g/mol. The predicted octanol–water partition coefficient (Wildman–Crippen LogP) is 2.00. The van der Waals surface area contributed by atoms with Gasteiger partial charge >= 0.3 is 0 Å². The van der Waals surface area contributed by atoms with Crippen molar-refractivity contribution < 1.29 is 10.0 Å². The molecular weight excluding hydrogens is 208 g/mol. The first kappa shape index (κ1) is 10.5. The van der Waals surface area contributed by atoms with Crippen LogP contribution in [-0.2, 0) is 6.42 Å². The van der Waals surface area contributed by atoms with E-state index < -0.39 is 0 Å². The summed E-state index contributed by atoms with van der Waals surface area (Å²) in [6, 6.07) is 5.00. The number of nitrogens with one attached hydrogen (secondary N) is 1. The molecule has 2 N–H and O–H groups in total. The van der Waals surface area contributed by atoms with Crippen molar-refractivity contribution in [2.75, 3.05) is 6.54 Å². The molecule has 1 aromatic heterocycles. The van der Waals surface area contributed by atoms with Crippen molar-refractivity contribution in [2.24, 2.45) is 0 Å². The molecule has 5 nitrogen and oxygen atoms in total. The lowest BCUT2D eigenvalue weighted by atomic mass is 10.1. The largest absolute Gasteiger partial charge is 0.508 e. The van der Waals surface area contributed by atoms with Gasteiger partial charge in [0.05, 0.1) is 0 Å². The molecule has 1 aromatic carbocycles. The van der Waals surface area contributed by atoms with Crippen LogP contribution in [0.3, 0.4) is 0 Å². The number of aromatic hydroxyl groups is 1. The van der Waals surface area contributed by atoms with Crippen LogP contribution < -0.4 is 0 Å². The maximum Gasteiger partial charge on any atom is 0.207 e. The Hall–Kier alpha value is -2.04. The van der Waals surface area contributed by atoms with Gasteiger partial charge in [-0.1, -0.05) is 0 Å². The van der Waals surface area contributed by atoms with Gasteiger partial charge in [0.2, 0.25) is 6.54 Å². The van der Waals surface area contributed by atoms with Crippen molar-refractivity contribution in [2.45, 2.75) is 13.3 Å². The van der Waals surface area contributed by atoms with Gasteiger partial charge in [0.15, 0.2) is 0 Å². The lowest BCUT2D eigenvalue weighted by molar-refractivity contribution is -0.479. The topological polar surface area (TPSA) is 79.2 Å². The number of nitrogens with zero attached hydrogens (tertiary/aromatic N) is 1. The van der Waals surface area contributed by atoms with Crippen molar-refractivity contribution in [1.82, 2.24) is 4.98 Å². The fourth-order valence-electron chi connectivity index (χ4n) is 1.90. The van der Waals surface area contributed by atoms with Crippen LogP contribution in [-0.4, -0.2) is 21.6 Å². The number of nitro groups is 1. The van der Waals surface area contributed by atoms with Crippen LogP contribution in [0.25, 0.3) is 10.9 Å². The molecule has 2 aromatic rings. The van der Waals surface area contributed by atoms with E-state index in [4.69, 9.17) is 0 Å². The average molecular weight is 220 g/mol. The molecular formula is C11H12N2O3. The molecule has 0 aliphatic rings. The molecule has 0 radical (unpaired) electrons. The second-order valence-electron chi connectivity index (χ2n) is 3.76. The van der Waals surface area contributed by atoms with Gasteiger partial charge in [-0.05, 0) is 30.7 Å². The lowest BCUT2D eigenvalue weighted by Gasteiger charge is -1.98. The molecule has 16 heavy (non-hydrogen) atoms. The second-order valence-corrected chi connectivity index (χ2v) is 3.76. The molecule has 0 bridgehead atoms. The molecule has 1 heterocycles. The summed E-state index contributed by atoms with van der Waals surface area (Å²) in [6.07, 6.45) is 0.377. The van der Waals surface area contributed by atoms with Crippen LogP contribution in [0.5, 0.6) is 5.75 Å². The molecule has 0 aliphatic heterocycles. The summed E-state index contributed by atoms with van der Waals surface area (Å²) in [5, 5.41) is 20.6. The summed E-state index contributed by atoms with van der Waals surface area (Å²) in [4.78, 5) is 13.2. The third-order valence-corrected chi connectivity index (χ3v) is 2.65. The molecule has 0 saturated heterocycles. The fourth-order valence-corrected chi connectivity index (χ4v) is 1.90. The summed E-state index contributed by atoms with van der Waals surface area (Å²) in [5.74, 6) is 0.175. The number of hydrogen-bond donors (Lipinski definition) is 2. The van der Waals surface area contributed by atoms with Gasteiger partial charge in [0, 0.05) is 27.9 Å².